The molecule has 1 aromatic rings. The third-order valence-corrected chi connectivity index (χ3v) is 3.95. The first-order valence-electron chi connectivity index (χ1n) is 7.42. The minimum Gasteiger partial charge on any atom is -0.374 e. The van der Waals surface area contributed by atoms with Gasteiger partial charge in [-0.3, -0.25) is 0 Å². The first-order valence-corrected chi connectivity index (χ1v) is 7.42. The van der Waals surface area contributed by atoms with Crippen molar-refractivity contribution in [2.24, 2.45) is 0 Å². The van der Waals surface area contributed by atoms with Crippen LogP contribution in [0.15, 0.2) is 48.6 Å². The summed E-state index contributed by atoms with van der Waals surface area (Å²) < 4.78 is 5.90. The van der Waals surface area contributed by atoms with E-state index in [0.717, 1.165) is 12.8 Å². The summed E-state index contributed by atoms with van der Waals surface area (Å²) in [5, 5.41) is 0. The van der Waals surface area contributed by atoms with Crippen LogP contribution in [0.3, 0.4) is 0 Å². The van der Waals surface area contributed by atoms with Crippen LogP contribution in [0.5, 0.6) is 0 Å². The van der Waals surface area contributed by atoms with Gasteiger partial charge in [-0.25, -0.2) is 0 Å². The molecule has 1 aliphatic rings. The van der Waals surface area contributed by atoms with E-state index in [1.165, 1.54) is 27.8 Å². The standard InChI is InChI=1S/C19H24O/c1-5-9-17-15(7-3)12-19-16(10-8-11-18(17)19)13-20-14(4)6-2/h5,7-11,14H,3,6,12-13H2,1-2,4H3/b9-5-. The van der Waals surface area contributed by atoms with Crippen molar-refractivity contribution in [3.05, 3.63) is 65.3 Å². The fraction of sp³-hybridized carbons (Fsp3) is 0.368. The molecule has 0 amide bonds. The molecule has 1 heteroatoms. The summed E-state index contributed by atoms with van der Waals surface area (Å²) in [5.74, 6) is 0. The predicted molar refractivity (Wildman–Crippen MR) is 86.6 cm³/mol. The Hall–Kier alpha value is -1.60. The van der Waals surface area contributed by atoms with Crippen molar-refractivity contribution in [2.75, 3.05) is 0 Å². The number of allylic oxidation sites excluding steroid dienone is 5. The Morgan fingerprint density at radius 1 is 1.40 bits per heavy atom. The lowest BCUT2D eigenvalue weighted by Gasteiger charge is -2.13. The molecule has 0 saturated heterocycles. The fourth-order valence-corrected chi connectivity index (χ4v) is 2.59. The minimum atomic E-state index is 0.314. The van der Waals surface area contributed by atoms with E-state index < -0.39 is 0 Å². The smallest absolute Gasteiger partial charge is 0.0723 e. The van der Waals surface area contributed by atoms with Crippen molar-refractivity contribution >= 4 is 5.57 Å². The van der Waals surface area contributed by atoms with Gasteiger partial charge in [-0.15, -0.1) is 0 Å². The van der Waals surface area contributed by atoms with Crippen molar-refractivity contribution in [1.29, 1.82) is 0 Å². The quantitative estimate of drug-likeness (QED) is 0.699. The molecule has 0 N–H and O–H groups in total. The lowest BCUT2D eigenvalue weighted by molar-refractivity contribution is 0.0505. The number of hydrogen-bond donors (Lipinski definition) is 0. The lowest BCUT2D eigenvalue weighted by atomic mass is 10.0. The van der Waals surface area contributed by atoms with Crippen LogP contribution in [0, 0.1) is 0 Å². The molecule has 0 bridgehead atoms. The van der Waals surface area contributed by atoms with Crippen molar-refractivity contribution in [1.82, 2.24) is 0 Å². The molecule has 0 saturated carbocycles. The molecule has 106 valence electrons. The first kappa shape index (κ1) is 14.8. The largest absolute Gasteiger partial charge is 0.374 e. The molecule has 0 radical (unpaired) electrons. The average Bonchev–Trinajstić information content (AvgIpc) is 2.83. The summed E-state index contributed by atoms with van der Waals surface area (Å²) in [6.07, 6.45) is 8.59. The van der Waals surface area contributed by atoms with E-state index in [1.54, 1.807) is 0 Å². The molecule has 1 aromatic carbocycles. The maximum Gasteiger partial charge on any atom is 0.0723 e. The summed E-state index contributed by atoms with van der Waals surface area (Å²) in [6.45, 7) is 11.0. The van der Waals surface area contributed by atoms with Gasteiger partial charge >= 0.3 is 0 Å². The zero-order valence-electron chi connectivity index (χ0n) is 12.8. The van der Waals surface area contributed by atoms with Crippen LogP contribution in [-0.2, 0) is 17.8 Å². The van der Waals surface area contributed by atoms with Gasteiger partial charge in [-0.05, 0) is 54.5 Å². The molecule has 0 aliphatic heterocycles. The van der Waals surface area contributed by atoms with Gasteiger partial charge in [0.25, 0.3) is 0 Å². The molecule has 0 aromatic heterocycles. The van der Waals surface area contributed by atoms with Gasteiger partial charge < -0.3 is 4.74 Å². The summed E-state index contributed by atoms with van der Waals surface area (Å²) >= 11 is 0. The zero-order valence-corrected chi connectivity index (χ0v) is 12.8. The molecule has 1 atom stereocenters. The molecule has 1 unspecified atom stereocenters. The fourth-order valence-electron chi connectivity index (χ4n) is 2.59. The number of ether oxygens (including phenoxy) is 1. The van der Waals surface area contributed by atoms with Crippen LogP contribution in [0.4, 0.5) is 0 Å². The van der Waals surface area contributed by atoms with E-state index in [1.807, 2.05) is 6.08 Å². The highest BCUT2D eigenvalue weighted by Gasteiger charge is 2.20. The Balaban J connectivity index is 2.29. The van der Waals surface area contributed by atoms with E-state index in [4.69, 9.17) is 4.74 Å². The van der Waals surface area contributed by atoms with Crippen molar-refractivity contribution in [2.45, 2.75) is 46.3 Å². The molecule has 20 heavy (non-hydrogen) atoms. The Labute approximate surface area is 122 Å². The molecular weight excluding hydrogens is 244 g/mol. The van der Waals surface area contributed by atoms with E-state index in [2.05, 4.69) is 57.7 Å². The summed E-state index contributed by atoms with van der Waals surface area (Å²) in [7, 11) is 0. The van der Waals surface area contributed by atoms with Gasteiger partial charge in [0.2, 0.25) is 0 Å². The highest BCUT2D eigenvalue weighted by atomic mass is 16.5. The molecule has 2 rings (SSSR count). The van der Waals surface area contributed by atoms with Crippen molar-refractivity contribution < 1.29 is 4.74 Å². The van der Waals surface area contributed by atoms with E-state index in [0.29, 0.717) is 12.7 Å². The van der Waals surface area contributed by atoms with Crippen LogP contribution in [0.2, 0.25) is 0 Å². The number of hydrogen-bond acceptors (Lipinski definition) is 1. The Morgan fingerprint density at radius 2 is 2.20 bits per heavy atom. The monoisotopic (exact) mass is 268 g/mol. The van der Waals surface area contributed by atoms with E-state index in [9.17, 15) is 0 Å². The van der Waals surface area contributed by atoms with Gasteiger partial charge in [0.1, 0.15) is 0 Å². The SMILES string of the molecule is C=CC1=C(/C=C\C)c2cccc(COC(C)CC)c2C1. The van der Waals surface area contributed by atoms with Crippen LogP contribution >= 0.6 is 0 Å². The maximum atomic E-state index is 5.90. The lowest BCUT2D eigenvalue weighted by Crippen LogP contribution is -2.07. The van der Waals surface area contributed by atoms with Gasteiger partial charge in [-0.2, -0.15) is 0 Å². The van der Waals surface area contributed by atoms with Crippen LogP contribution in [0.25, 0.3) is 5.57 Å². The number of fused-ring (bicyclic) bond motifs is 1. The van der Waals surface area contributed by atoms with E-state index >= 15 is 0 Å². The molecule has 0 heterocycles. The minimum absolute atomic E-state index is 0.314. The molecule has 0 fully saturated rings. The highest BCUT2D eigenvalue weighted by molar-refractivity contribution is 5.85. The van der Waals surface area contributed by atoms with Crippen molar-refractivity contribution in [3.8, 4) is 0 Å². The number of rotatable bonds is 6. The van der Waals surface area contributed by atoms with Crippen LogP contribution in [0.1, 0.15) is 43.9 Å². The Kier molecular flexibility index (Phi) is 4.97. The summed E-state index contributed by atoms with van der Waals surface area (Å²) in [4.78, 5) is 0. The second-order valence-electron chi connectivity index (χ2n) is 5.29. The summed E-state index contributed by atoms with van der Waals surface area (Å²) in [5.41, 5.74) is 6.67. The van der Waals surface area contributed by atoms with Crippen LogP contribution in [-0.4, -0.2) is 6.10 Å². The van der Waals surface area contributed by atoms with Crippen molar-refractivity contribution in [3.63, 3.8) is 0 Å². The van der Waals surface area contributed by atoms with Gasteiger partial charge in [0, 0.05) is 0 Å². The van der Waals surface area contributed by atoms with Gasteiger partial charge in [0.05, 0.1) is 12.7 Å². The predicted octanol–water partition coefficient (Wildman–Crippen LogP) is 5.07. The third-order valence-electron chi connectivity index (χ3n) is 3.95. The van der Waals surface area contributed by atoms with Gasteiger partial charge in [-0.1, -0.05) is 49.9 Å². The molecule has 1 aliphatic carbocycles. The van der Waals surface area contributed by atoms with Crippen LogP contribution < -0.4 is 0 Å². The maximum absolute atomic E-state index is 5.90. The normalized spacial score (nSPS) is 15.8. The Bertz CT molecular complexity index is 549. The molecule has 0 spiro atoms. The summed E-state index contributed by atoms with van der Waals surface area (Å²) in [6, 6.07) is 6.51. The highest BCUT2D eigenvalue weighted by Crippen LogP contribution is 2.36. The average molecular weight is 268 g/mol. The Morgan fingerprint density at radius 3 is 2.85 bits per heavy atom. The third kappa shape index (κ3) is 2.94. The zero-order chi connectivity index (χ0) is 14.5. The van der Waals surface area contributed by atoms with Gasteiger partial charge in [0.15, 0.2) is 0 Å². The number of benzene rings is 1. The van der Waals surface area contributed by atoms with E-state index in [-0.39, 0.29) is 0 Å². The second-order valence-corrected chi connectivity index (χ2v) is 5.29. The molecular formula is C19H24O. The second kappa shape index (κ2) is 6.71. The topological polar surface area (TPSA) is 9.23 Å². The molecule has 1 nitrogen and oxygen atoms in total. The first-order chi connectivity index (χ1) is 9.71.